The summed E-state index contributed by atoms with van der Waals surface area (Å²) >= 11 is 0. The van der Waals surface area contributed by atoms with Crippen molar-refractivity contribution in [2.75, 3.05) is 7.11 Å². The Morgan fingerprint density at radius 3 is 2.89 bits per heavy atom. The molecule has 0 aliphatic carbocycles. The largest absolute Gasteiger partial charge is 0.496 e. The summed E-state index contributed by atoms with van der Waals surface area (Å²) < 4.78 is 11.3. The third-order valence-electron chi connectivity index (χ3n) is 4.48. The summed E-state index contributed by atoms with van der Waals surface area (Å²) in [6.07, 6.45) is 4.12. The normalized spacial score (nSPS) is 32.3. The van der Waals surface area contributed by atoms with Crippen molar-refractivity contribution >= 4 is 0 Å². The fraction of sp³-hybridized carbons (Fsp3) is 0.562. The Morgan fingerprint density at radius 1 is 1.47 bits per heavy atom. The maximum absolute atomic E-state index is 9.66. The molecule has 0 N–H and O–H groups in total. The van der Waals surface area contributed by atoms with Gasteiger partial charge in [0.2, 0.25) is 0 Å². The molecule has 100 valence electrons. The van der Waals surface area contributed by atoms with Gasteiger partial charge in [-0.25, -0.2) is 0 Å². The predicted octanol–water partition coefficient (Wildman–Crippen LogP) is 3.01. The number of aryl methyl sites for hydroxylation is 1. The quantitative estimate of drug-likeness (QED) is 0.836. The van der Waals surface area contributed by atoms with Crippen LogP contribution in [0.2, 0.25) is 0 Å². The van der Waals surface area contributed by atoms with Gasteiger partial charge in [0.05, 0.1) is 30.8 Å². The topological polar surface area (TPSA) is 42.2 Å². The van der Waals surface area contributed by atoms with E-state index in [9.17, 15) is 5.26 Å². The maximum Gasteiger partial charge on any atom is 0.122 e. The van der Waals surface area contributed by atoms with Crippen LogP contribution in [-0.2, 0) is 11.2 Å². The third-order valence-corrected chi connectivity index (χ3v) is 4.48. The lowest BCUT2D eigenvalue weighted by Crippen LogP contribution is -2.33. The average Bonchev–Trinajstić information content (AvgIpc) is 3.00. The van der Waals surface area contributed by atoms with E-state index in [1.807, 2.05) is 12.1 Å². The molecule has 3 rings (SSSR count). The van der Waals surface area contributed by atoms with E-state index >= 15 is 0 Å². The number of hydrogen-bond donors (Lipinski definition) is 0. The van der Waals surface area contributed by atoms with E-state index < -0.39 is 0 Å². The fourth-order valence-corrected chi connectivity index (χ4v) is 3.53. The van der Waals surface area contributed by atoms with Gasteiger partial charge in [0, 0.05) is 0 Å². The molecule has 2 aliphatic heterocycles. The summed E-state index contributed by atoms with van der Waals surface area (Å²) in [5.74, 6) is 0.878. The van der Waals surface area contributed by atoms with Crippen LogP contribution in [0.15, 0.2) is 18.2 Å². The van der Waals surface area contributed by atoms with Crippen molar-refractivity contribution in [2.24, 2.45) is 5.41 Å². The van der Waals surface area contributed by atoms with Gasteiger partial charge in [0.15, 0.2) is 0 Å². The molecule has 2 bridgehead atoms. The number of hydrogen-bond acceptors (Lipinski definition) is 3. The number of fused-ring (bicyclic) bond motifs is 2. The first-order valence-electron chi connectivity index (χ1n) is 6.87. The number of nitriles is 1. The molecule has 2 saturated heterocycles. The number of benzene rings is 1. The van der Waals surface area contributed by atoms with Crippen LogP contribution in [0.3, 0.4) is 0 Å². The monoisotopic (exact) mass is 257 g/mol. The zero-order valence-corrected chi connectivity index (χ0v) is 11.5. The molecular weight excluding hydrogens is 238 g/mol. The maximum atomic E-state index is 9.66. The summed E-state index contributed by atoms with van der Waals surface area (Å²) in [5, 5.41) is 9.66. The van der Waals surface area contributed by atoms with Crippen LogP contribution in [0, 0.1) is 23.7 Å². The summed E-state index contributed by atoms with van der Waals surface area (Å²) in [5.41, 5.74) is 1.97. The Hall–Kier alpha value is -1.53. The van der Waals surface area contributed by atoms with Crippen molar-refractivity contribution in [1.82, 2.24) is 0 Å². The van der Waals surface area contributed by atoms with Gasteiger partial charge in [0.1, 0.15) is 5.75 Å². The SMILES string of the molecule is COc1ccc(C)cc1CC1(C#N)CC2CCC1O2. The summed E-state index contributed by atoms with van der Waals surface area (Å²) in [6, 6.07) is 8.71. The van der Waals surface area contributed by atoms with Crippen molar-refractivity contribution in [3.05, 3.63) is 29.3 Å². The molecule has 3 nitrogen and oxygen atoms in total. The van der Waals surface area contributed by atoms with Crippen molar-refractivity contribution in [1.29, 1.82) is 5.26 Å². The highest BCUT2D eigenvalue weighted by Gasteiger charge is 2.53. The van der Waals surface area contributed by atoms with E-state index in [1.54, 1.807) is 7.11 Å². The van der Waals surface area contributed by atoms with E-state index in [4.69, 9.17) is 9.47 Å². The second-order valence-corrected chi connectivity index (χ2v) is 5.79. The summed E-state index contributed by atoms with van der Waals surface area (Å²) in [7, 11) is 1.69. The molecule has 0 saturated carbocycles. The standard InChI is InChI=1S/C16H19NO2/c1-11-3-5-14(18-2)12(7-11)8-16(10-17)9-13-4-6-15(16)19-13/h3,5,7,13,15H,4,6,8-9H2,1-2H3. The molecule has 2 aliphatic rings. The van der Waals surface area contributed by atoms with Gasteiger partial charge in [-0.15, -0.1) is 0 Å². The Kier molecular flexibility index (Phi) is 2.99. The highest BCUT2D eigenvalue weighted by molar-refractivity contribution is 5.39. The number of ether oxygens (including phenoxy) is 2. The van der Waals surface area contributed by atoms with Crippen molar-refractivity contribution < 1.29 is 9.47 Å². The van der Waals surface area contributed by atoms with Crippen LogP contribution in [0.5, 0.6) is 5.75 Å². The van der Waals surface area contributed by atoms with Crippen LogP contribution < -0.4 is 4.74 Å². The minimum atomic E-state index is -0.357. The Balaban J connectivity index is 1.92. The summed E-state index contributed by atoms with van der Waals surface area (Å²) in [4.78, 5) is 0. The molecule has 2 heterocycles. The Morgan fingerprint density at radius 2 is 2.32 bits per heavy atom. The highest BCUT2D eigenvalue weighted by Crippen LogP contribution is 2.49. The van der Waals surface area contributed by atoms with Crippen molar-refractivity contribution in [3.8, 4) is 11.8 Å². The lowest BCUT2D eigenvalue weighted by Gasteiger charge is -2.28. The molecule has 1 aromatic carbocycles. The average molecular weight is 257 g/mol. The molecule has 1 aromatic rings. The minimum absolute atomic E-state index is 0.104. The Labute approximate surface area is 114 Å². The zero-order valence-electron chi connectivity index (χ0n) is 11.5. The van der Waals surface area contributed by atoms with Gasteiger partial charge in [-0.2, -0.15) is 5.26 Å². The second kappa shape index (κ2) is 4.54. The van der Waals surface area contributed by atoms with E-state index in [-0.39, 0.29) is 11.5 Å². The first kappa shape index (κ1) is 12.5. The molecule has 3 atom stereocenters. The van der Waals surface area contributed by atoms with Crippen LogP contribution in [-0.4, -0.2) is 19.3 Å². The van der Waals surface area contributed by atoms with Gasteiger partial charge in [0.25, 0.3) is 0 Å². The Bertz CT molecular complexity index is 534. The highest BCUT2D eigenvalue weighted by atomic mass is 16.5. The number of rotatable bonds is 3. The zero-order chi connectivity index (χ0) is 13.5. The molecule has 3 heteroatoms. The van der Waals surface area contributed by atoms with E-state index in [1.165, 1.54) is 5.56 Å². The smallest absolute Gasteiger partial charge is 0.122 e. The van der Waals surface area contributed by atoms with Crippen LogP contribution in [0.1, 0.15) is 30.4 Å². The van der Waals surface area contributed by atoms with Gasteiger partial charge < -0.3 is 9.47 Å². The molecule has 0 radical (unpaired) electrons. The molecule has 2 fully saturated rings. The van der Waals surface area contributed by atoms with Crippen LogP contribution in [0.25, 0.3) is 0 Å². The number of nitrogens with zero attached hydrogens (tertiary/aromatic N) is 1. The van der Waals surface area contributed by atoms with Crippen LogP contribution >= 0.6 is 0 Å². The predicted molar refractivity (Wildman–Crippen MR) is 72.0 cm³/mol. The van der Waals surface area contributed by atoms with Gasteiger partial charge in [-0.05, 0) is 44.2 Å². The third kappa shape index (κ3) is 2.01. The first-order valence-corrected chi connectivity index (χ1v) is 6.87. The second-order valence-electron chi connectivity index (χ2n) is 5.79. The van der Waals surface area contributed by atoms with Gasteiger partial charge >= 0.3 is 0 Å². The molecule has 0 aromatic heterocycles. The molecular formula is C16H19NO2. The first-order chi connectivity index (χ1) is 9.16. The number of methoxy groups -OCH3 is 1. The van der Waals surface area contributed by atoms with Crippen molar-refractivity contribution in [2.45, 2.75) is 44.8 Å². The van der Waals surface area contributed by atoms with Crippen molar-refractivity contribution in [3.63, 3.8) is 0 Å². The van der Waals surface area contributed by atoms with Gasteiger partial charge in [-0.3, -0.25) is 0 Å². The fourth-order valence-electron chi connectivity index (χ4n) is 3.53. The van der Waals surface area contributed by atoms with Crippen LogP contribution in [0.4, 0.5) is 0 Å². The molecule has 19 heavy (non-hydrogen) atoms. The molecule has 0 spiro atoms. The van der Waals surface area contributed by atoms with E-state index in [0.717, 1.165) is 37.0 Å². The molecule has 3 unspecified atom stereocenters. The molecule has 0 amide bonds. The lowest BCUT2D eigenvalue weighted by atomic mass is 9.71. The van der Waals surface area contributed by atoms with E-state index in [2.05, 4.69) is 19.1 Å². The van der Waals surface area contributed by atoms with Gasteiger partial charge in [-0.1, -0.05) is 17.7 Å². The lowest BCUT2D eigenvalue weighted by molar-refractivity contribution is 0.0786. The van der Waals surface area contributed by atoms with E-state index in [0.29, 0.717) is 6.10 Å². The summed E-state index contributed by atoms with van der Waals surface area (Å²) in [6.45, 7) is 2.07. The minimum Gasteiger partial charge on any atom is -0.496 e.